The van der Waals surface area contributed by atoms with E-state index in [-0.39, 0.29) is 36.6 Å². The minimum absolute atomic E-state index is 0.0630. The number of hydrogen-bond acceptors (Lipinski definition) is 4. The lowest BCUT2D eigenvalue weighted by molar-refractivity contribution is -0.120. The van der Waals surface area contributed by atoms with Crippen LogP contribution >= 0.6 is 23.2 Å². The highest BCUT2D eigenvalue weighted by molar-refractivity contribution is 7.88. The van der Waals surface area contributed by atoms with E-state index in [9.17, 15) is 18.0 Å². The molecule has 36 heavy (non-hydrogen) atoms. The van der Waals surface area contributed by atoms with Gasteiger partial charge in [-0.1, -0.05) is 54.2 Å². The molecule has 2 heterocycles. The lowest BCUT2D eigenvalue weighted by atomic mass is 9.97. The van der Waals surface area contributed by atoms with Crippen molar-refractivity contribution >= 4 is 50.7 Å². The van der Waals surface area contributed by atoms with E-state index in [1.807, 2.05) is 4.90 Å². The van der Waals surface area contributed by atoms with E-state index < -0.39 is 10.0 Å². The molecule has 2 aliphatic rings. The van der Waals surface area contributed by atoms with E-state index in [0.29, 0.717) is 39.7 Å². The molecule has 1 N–H and O–H groups in total. The molecule has 2 fully saturated rings. The number of rotatable bonds is 6. The number of nitrogens with zero attached hydrogens (tertiary/aromatic N) is 2. The molecule has 4 rings (SSSR count). The van der Waals surface area contributed by atoms with Gasteiger partial charge >= 0.3 is 0 Å². The zero-order valence-electron chi connectivity index (χ0n) is 20.1. The fourth-order valence-corrected chi connectivity index (χ4v) is 7.11. The number of anilines is 1. The summed E-state index contributed by atoms with van der Waals surface area (Å²) in [6, 6.07) is 12.0. The summed E-state index contributed by atoms with van der Waals surface area (Å²) in [6.07, 6.45) is 5.02. The zero-order valence-corrected chi connectivity index (χ0v) is 22.4. The Kier molecular flexibility index (Phi) is 8.93. The van der Waals surface area contributed by atoms with Crippen molar-refractivity contribution in [3.63, 3.8) is 0 Å². The molecule has 0 aliphatic carbocycles. The van der Waals surface area contributed by atoms with Gasteiger partial charge in [-0.25, -0.2) is 12.7 Å². The van der Waals surface area contributed by atoms with Gasteiger partial charge in [-0.05, 0) is 49.9 Å². The topological polar surface area (TPSA) is 86.8 Å². The van der Waals surface area contributed by atoms with Crippen LogP contribution in [0.4, 0.5) is 5.69 Å². The predicted molar refractivity (Wildman–Crippen MR) is 143 cm³/mol. The Bertz CT molecular complexity index is 1190. The first-order valence-corrected chi connectivity index (χ1v) is 14.7. The Balaban J connectivity index is 1.37. The molecule has 2 aromatic rings. The van der Waals surface area contributed by atoms with Gasteiger partial charge in [0.25, 0.3) is 5.91 Å². The molecule has 10 heteroatoms. The van der Waals surface area contributed by atoms with E-state index in [2.05, 4.69) is 5.32 Å². The van der Waals surface area contributed by atoms with Gasteiger partial charge < -0.3 is 10.2 Å². The van der Waals surface area contributed by atoms with Gasteiger partial charge in [0, 0.05) is 47.7 Å². The van der Waals surface area contributed by atoms with Gasteiger partial charge in [-0.2, -0.15) is 0 Å². The van der Waals surface area contributed by atoms with Crippen LogP contribution in [0.5, 0.6) is 0 Å². The van der Waals surface area contributed by atoms with Crippen LogP contribution in [-0.4, -0.2) is 55.6 Å². The van der Waals surface area contributed by atoms with E-state index in [0.717, 1.165) is 38.8 Å². The van der Waals surface area contributed by atoms with Crippen LogP contribution in [0.15, 0.2) is 42.5 Å². The fourth-order valence-electron chi connectivity index (χ4n) is 4.80. The minimum Gasteiger partial charge on any atom is -0.339 e. The number of amides is 2. The summed E-state index contributed by atoms with van der Waals surface area (Å²) >= 11 is 12.3. The molecule has 0 saturated carbocycles. The molecule has 194 valence electrons. The smallest absolute Gasteiger partial charge is 0.255 e. The molecule has 0 bridgehead atoms. The van der Waals surface area contributed by atoms with Crippen LogP contribution in [0.25, 0.3) is 0 Å². The molecule has 2 aliphatic heterocycles. The molecular formula is C26H31Cl2N3O4S. The van der Waals surface area contributed by atoms with E-state index in [1.54, 1.807) is 42.5 Å². The van der Waals surface area contributed by atoms with Crippen LogP contribution in [0.2, 0.25) is 10.0 Å². The Morgan fingerprint density at radius 3 is 2.11 bits per heavy atom. The van der Waals surface area contributed by atoms with Crippen molar-refractivity contribution in [2.45, 2.75) is 44.3 Å². The van der Waals surface area contributed by atoms with Gasteiger partial charge in [0.05, 0.1) is 17.0 Å². The Morgan fingerprint density at radius 2 is 1.47 bits per heavy atom. The summed E-state index contributed by atoms with van der Waals surface area (Å²) in [5, 5.41) is 3.56. The van der Waals surface area contributed by atoms with E-state index in [1.165, 1.54) is 4.31 Å². The summed E-state index contributed by atoms with van der Waals surface area (Å²) in [5.74, 6) is -0.889. The largest absolute Gasteiger partial charge is 0.339 e. The number of carbonyl (C=O) groups excluding carboxylic acids is 2. The number of halogens is 2. The molecule has 0 spiro atoms. The average Bonchev–Trinajstić information content (AvgIpc) is 3.16. The maximum absolute atomic E-state index is 13.2. The molecular weight excluding hydrogens is 521 g/mol. The third-order valence-corrected chi connectivity index (χ3v) is 9.43. The highest BCUT2D eigenvalue weighted by atomic mass is 35.5. The lowest BCUT2D eigenvalue weighted by Crippen LogP contribution is -2.42. The maximum Gasteiger partial charge on any atom is 0.255 e. The van der Waals surface area contributed by atoms with Crippen LogP contribution in [0.1, 0.15) is 54.4 Å². The third-order valence-electron chi connectivity index (χ3n) is 6.92. The first-order valence-electron chi connectivity index (χ1n) is 12.4. The fraction of sp³-hybridized carbons (Fsp3) is 0.462. The highest BCUT2D eigenvalue weighted by Gasteiger charge is 2.32. The van der Waals surface area contributed by atoms with Crippen molar-refractivity contribution < 1.29 is 18.0 Å². The Morgan fingerprint density at radius 1 is 0.861 bits per heavy atom. The van der Waals surface area contributed by atoms with Crippen LogP contribution in [0.3, 0.4) is 0 Å². The lowest BCUT2D eigenvalue weighted by Gasteiger charge is -2.31. The molecule has 0 aromatic heterocycles. The summed E-state index contributed by atoms with van der Waals surface area (Å²) in [4.78, 5) is 28.1. The maximum atomic E-state index is 13.2. The van der Waals surface area contributed by atoms with Gasteiger partial charge in [0.15, 0.2) is 0 Å². The summed E-state index contributed by atoms with van der Waals surface area (Å²) in [6.45, 7) is 1.93. The predicted octanol–water partition coefficient (Wildman–Crippen LogP) is 5.19. The standard InChI is InChI=1S/C26H31Cl2N3O4S/c27-22-9-7-10-23(28)21(22)18-36(34,35)31-16-12-19(13-17-31)25(32)29-24-11-4-3-8-20(24)26(33)30-14-5-1-2-6-15-30/h3-4,7-11,19H,1-2,5-6,12-18H2,(H,29,32). The van der Waals surface area contributed by atoms with Gasteiger partial charge in [0.1, 0.15) is 0 Å². The molecule has 2 amide bonds. The van der Waals surface area contributed by atoms with Crippen LogP contribution in [-0.2, 0) is 20.6 Å². The number of hydrogen-bond donors (Lipinski definition) is 1. The third kappa shape index (κ3) is 6.40. The first kappa shape index (κ1) is 26.9. The average molecular weight is 553 g/mol. The van der Waals surface area contributed by atoms with Gasteiger partial charge in [-0.3, -0.25) is 9.59 Å². The quantitative estimate of drug-likeness (QED) is 0.535. The van der Waals surface area contributed by atoms with Gasteiger partial charge in [0.2, 0.25) is 15.9 Å². The van der Waals surface area contributed by atoms with Crippen molar-refractivity contribution in [1.82, 2.24) is 9.21 Å². The molecule has 7 nitrogen and oxygen atoms in total. The van der Waals surface area contributed by atoms with Crippen molar-refractivity contribution in [2.75, 3.05) is 31.5 Å². The van der Waals surface area contributed by atoms with Crippen molar-refractivity contribution in [2.24, 2.45) is 5.92 Å². The SMILES string of the molecule is O=C(Nc1ccccc1C(=O)N1CCCCCC1)C1CCN(S(=O)(=O)Cc2c(Cl)cccc2Cl)CC1. The van der Waals surface area contributed by atoms with Gasteiger partial charge in [-0.15, -0.1) is 0 Å². The number of sulfonamides is 1. The first-order chi connectivity index (χ1) is 17.3. The van der Waals surface area contributed by atoms with E-state index in [4.69, 9.17) is 23.2 Å². The molecule has 2 aromatic carbocycles. The number of nitrogens with one attached hydrogen (secondary N) is 1. The molecule has 0 radical (unpaired) electrons. The van der Waals surface area contributed by atoms with Crippen molar-refractivity contribution in [3.05, 3.63) is 63.6 Å². The summed E-state index contributed by atoms with van der Waals surface area (Å²) in [7, 11) is -3.64. The van der Waals surface area contributed by atoms with Crippen molar-refractivity contribution in [1.29, 1.82) is 0 Å². The molecule has 0 atom stereocenters. The molecule has 2 saturated heterocycles. The highest BCUT2D eigenvalue weighted by Crippen LogP contribution is 2.29. The normalized spacial score (nSPS) is 18.0. The Hall–Kier alpha value is -2.13. The monoisotopic (exact) mass is 551 g/mol. The number of para-hydroxylation sites is 1. The second-order valence-electron chi connectivity index (χ2n) is 9.37. The molecule has 0 unspecified atom stereocenters. The number of likely N-dealkylation sites (tertiary alicyclic amines) is 1. The van der Waals surface area contributed by atoms with Crippen LogP contribution in [0, 0.1) is 5.92 Å². The van der Waals surface area contributed by atoms with Crippen LogP contribution < -0.4 is 5.32 Å². The second-order valence-corrected chi connectivity index (χ2v) is 12.2. The Labute approximate surface area is 222 Å². The number of piperidine rings is 1. The number of benzene rings is 2. The minimum atomic E-state index is -3.64. The zero-order chi connectivity index (χ0) is 25.7. The van der Waals surface area contributed by atoms with Crippen molar-refractivity contribution in [3.8, 4) is 0 Å². The summed E-state index contributed by atoms with van der Waals surface area (Å²) < 4.78 is 27.4. The summed E-state index contributed by atoms with van der Waals surface area (Å²) in [5.41, 5.74) is 1.37. The number of carbonyl (C=O) groups is 2. The second kappa shape index (κ2) is 11.9. The van der Waals surface area contributed by atoms with E-state index >= 15 is 0 Å².